The Bertz CT molecular complexity index is 653. The van der Waals surface area contributed by atoms with Crippen LogP contribution in [-0.4, -0.2) is 34.6 Å². The molecule has 1 saturated carbocycles. The Morgan fingerprint density at radius 3 is 2.73 bits per heavy atom. The number of likely N-dealkylation sites (N-methyl/N-ethyl adjacent to an activating group) is 1. The lowest BCUT2D eigenvalue weighted by atomic mass is 9.94. The molecule has 2 aromatic rings. The van der Waals surface area contributed by atoms with Crippen molar-refractivity contribution >= 4 is 26.8 Å². The fourth-order valence-electron chi connectivity index (χ4n) is 3.34. The first-order valence-corrected chi connectivity index (χ1v) is 8.92. The van der Waals surface area contributed by atoms with Gasteiger partial charge in [-0.2, -0.15) is 0 Å². The minimum Gasteiger partial charge on any atom is -0.506 e. The van der Waals surface area contributed by atoms with E-state index in [1.54, 1.807) is 6.07 Å². The van der Waals surface area contributed by atoms with E-state index in [0.717, 1.165) is 34.6 Å². The second-order valence-corrected chi connectivity index (χ2v) is 7.14. The number of nitrogens with zero attached hydrogens (tertiary/aromatic N) is 2. The zero-order valence-corrected chi connectivity index (χ0v) is 14.6. The van der Waals surface area contributed by atoms with E-state index in [1.165, 1.54) is 32.1 Å². The fourth-order valence-corrected chi connectivity index (χ4v) is 3.79. The first-order valence-electron chi connectivity index (χ1n) is 8.12. The molecule has 4 heteroatoms. The number of benzene rings is 1. The second kappa shape index (κ2) is 6.97. The molecule has 1 aromatic heterocycles. The Morgan fingerprint density at radius 1 is 1.18 bits per heavy atom. The van der Waals surface area contributed by atoms with Gasteiger partial charge in [-0.3, -0.25) is 0 Å². The number of hydrogen-bond donors (Lipinski definition) is 1. The van der Waals surface area contributed by atoms with Crippen molar-refractivity contribution in [1.29, 1.82) is 0 Å². The number of fused-ring (bicyclic) bond motifs is 1. The number of rotatable bonds is 4. The maximum Gasteiger partial charge on any atom is 0.141 e. The maximum atomic E-state index is 10.0. The van der Waals surface area contributed by atoms with Gasteiger partial charge in [0, 0.05) is 34.6 Å². The lowest BCUT2D eigenvalue weighted by molar-refractivity contribution is 0.193. The molecule has 0 saturated heterocycles. The number of hydrogen-bond acceptors (Lipinski definition) is 3. The van der Waals surface area contributed by atoms with Crippen LogP contribution in [0.15, 0.2) is 28.7 Å². The summed E-state index contributed by atoms with van der Waals surface area (Å²) in [6.07, 6.45) is 7.71. The van der Waals surface area contributed by atoms with Crippen molar-refractivity contribution in [3.05, 3.63) is 34.4 Å². The largest absolute Gasteiger partial charge is 0.506 e. The Labute approximate surface area is 140 Å². The van der Waals surface area contributed by atoms with Gasteiger partial charge in [-0.25, -0.2) is 4.98 Å². The molecule has 0 bridgehead atoms. The maximum absolute atomic E-state index is 10.0. The topological polar surface area (TPSA) is 36.4 Å². The number of phenols is 1. The monoisotopic (exact) mass is 362 g/mol. The van der Waals surface area contributed by atoms with Crippen LogP contribution in [0.3, 0.4) is 0 Å². The molecular weight excluding hydrogens is 340 g/mol. The predicted octanol–water partition coefficient (Wildman–Crippen LogP) is 4.51. The molecule has 0 amide bonds. The number of halogens is 1. The summed E-state index contributed by atoms with van der Waals surface area (Å²) in [6.45, 7) is 1.03. The van der Waals surface area contributed by atoms with E-state index in [2.05, 4.69) is 38.9 Å². The summed E-state index contributed by atoms with van der Waals surface area (Å²) in [5.74, 6) is 0.251. The van der Waals surface area contributed by atoms with Crippen molar-refractivity contribution in [2.24, 2.45) is 0 Å². The Morgan fingerprint density at radius 2 is 1.95 bits per heavy atom. The molecule has 1 aromatic carbocycles. The zero-order valence-electron chi connectivity index (χ0n) is 13.1. The first-order chi connectivity index (χ1) is 10.6. The SMILES string of the molecule is CN(CCc1ccc2c(Br)ccc(O)c2n1)C1CCCCC1. The molecule has 118 valence electrons. The van der Waals surface area contributed by atoms with Crippen LogP contribution in [0.25, 0.3) is 10.9 Å². The van der Waals surface area contributed by atoms with E-state index in [4.69, 9.17) is 0 Å². The van der Waals surface area contributed by atoms with Gasteiger partial charge in [0.15, 0.2) is 0 Å². The van der Waals surface area contributed by atoms with E-state index in [-0.39, 0.29) is 5.75 Å². The van der Waals surface area contributed by atoms with E-state index in [9.17, 15) is 5.11 Å². The van der Waals surface area contributed by atoms with Gasteiger partial charge in [0.2, 0.25) is 0 Å². The van der Waals surface area contributed by atoms with Crippen molar-refractivity contribution in [2.45, 2.75) is 44.6 Å². The number of aromatic nitrogens is 1. The molecule has 0 atom stereocenters. The Balaban J connectivity index is 1.70. The van der Waals surface area contributed by atoms with Gasteiger partial charge < -0.3 is 10.0 Å². The minimum atomic E-state index is 0.251. The molecule has 1 fully saturated rings. The van der Waals surface area contributed by atoms with E-state index in [1.807, 2.05) is 12.1 Å². The summed E-state index contributed by atoms with van der Waals surface area (Å²) in [5, 5.41) is 11.0. The van der Waals surface area contributed by atoms with E-state index in [0.29, 0.717) is 5.52 Å². The average Bonchev–Trinajstić information content (AvgIpc) is 2.57. The molecule has 3 nitrogen and oxygen atoms in total. The molecule has 0 unspecified atom stereocenters. The van der Waals surface area contributed by atoms with Crippen LogP contribution in [0.2, 0.25) is 0 Å². The number of phenolic OH excluding ortho intramolecular Hbond substituents is 1. The first kappa shape index (κ1) is 15.8. The van der Waals surface area contributed by atoms with E-state index < -0.39 is 0 Å². The van der Waals surface area contributed by atoms with Crippen LogP contribution in [0.4, 0.5) is 0 Å². The van der Waals surface area contributed by atoms with Gasteiger partial charge >= 0.3 is 0 Å². The fraction of sp³-hybridized carbons (Fsp3) is 0.500. The van der Waals surface area contributed by atoms with Crippen molar-refractivity contribution in [3.8, 4) is 5.75 Å². The van der Waals surface area contributed by atoms with Crippen molar-refractivity contribution in [2.75, 3.05) is 13.6 Å². The second-order valence-electron chi connectivity index (χ2n) is 6.29. The summed E-state index contributed by atoms with van der Waals surface area (Å²) in [6, 6.07) is 8.40. The summed E-state index contributed by atoms with van der Waals surface area (Å²) >= 11 is 3.51. The van der Waals surface area contributed by atoms with Gasteiger partial charge in [-0.15, -0.1) is 0 Å². The highest BCUT2D eigenvalue weighted by Gasteiger charge is 2.17. The van der Waals surface area contributed by atoms with Crippen LogP contribution >= 0.6 is 15.9 Å². The normalized spacial score (nSPS) is 16.5. The third kappa shape index (κ3) is 3.44. The van der Waals surface area contributed by atoms with Crippen LogP contribution in [0.5, 0.6) is 5.75 Å². The molecular formula is C18H23BrN2O. The summed E-state index contributed by atoms with van der Waals surface area (Å²) in [4.78, 5) is 7.12. The standard InChI is InChI=1S/C18H23BrN2O/c1-21(14-5-3-2-4-6-14)12-11-13-7-8-15-16(19)9-10-17(22)18(15)20-13/h7-10,14,22H,2-6,11-12H2,1H3. The summed E-state index contributed by atoms with van der Waals surface area (Å²) in [5.41, 5.74) is 1.73. The number of aromatic hydroxyl groups is 1. The molecule has 22 heavy (non-hydrogen) atoms. The van der Waals surface area contributed by atoms with Crippen LogP contribution in [-0.2, 0) is 6.42 Å². The molecule has 1 heterocycles. The average molecular weight is 363 g/mol. The van der Waals surface area contributed by atoms with Gasteiger partial charge in [-0.1, -0.05) is 35.2 Å². The lowest BCUT2D eigenvalue weighted by Gasteiger charge is -2.31. The molecule has 1 aliphatic carbocycles. The van der Waals surface area contributed by atoms with Gasteiger partial charge in [0.1, 0.15) is 11.3 Å². The Kier molecular flexibility index (Phi) is 4.99. The molecule has 0 aliphatic heterocycles. The van der Waals surface area contributed by atoms with Gasteiger partial charge in [0.25, 0.3) is 0 Å². The van der Waals surface area contributed by atoms with E-state index >= 15 is 0 Å². The predicted molar refractivity (Wildman–Crippen MR) is 94.3 cm³/mol. The molecule has 0 spiro atoms. The molecule has 1 aliphatic rings. The Hall–Kier alpha value is -1.13. The smallest absolute Gasteiger partial charge is 0.141 e. The highest BCUT2D eigenvalue weighted by molar-refractivity contribution is 9.10. The summed E-state index contributed by atoms with van der Waals surface area (Å²) in [7, 11) is 2.23. The minimum absolute atomic E-state index is 0.251. The third-order valence-corrected chi connectivity index (χ3v) is 5.45. The molecule has 1 N–H and O–H groups in total. The van der Waals surface area contributed by atoms with Crippen LogP contribution < -0.4 is 0 Å². The van der Waals surface area contributed by atoms with Gasteiger partial charge in [-0.05, 0) is 44.2 Å². The van der Waals surface area contributed by atoms with Crippen LogP contribution in [0.1, 0.15) is 37.8 Å². The third-order valence-electron chi connectivity index (χ3n) is 4.76. The highest BCUT2D eigenvalue weighted by Crippen LogP contribution is 2.29. The van der Waals surface area contributed by atoms with Crippen LogP contribution in [0, 0.1) is 0 Å². The van der Waals surface area contributed by atoms with Crippen molar-refractivity contribution in [3.63, 3.8) is 0 Å². The highest BCUT2D eigenvalue weighted by atomic mass is 79.9. The summed E-state index contributed by atoms with van der Waals surface area (Å²) < 4.78 is 0.971. The molecule has 0 radical (unpaired) electrons. The zero-order chi connectivity index (χ0) is 15.5. The quantitative estimate of drug-likeness (QED) is 0.868. The molecule has 3 rings (SSSR count). The number of pyridine rings is 1. The van der Waals surface area contributed by atoms with Crippen molar-refractivity contribution in [1.82, 2.24) is 9.88 Å². The lowest BCUT2D eigenvalue weighted by Crippen LogP contribution is -2.34. The van der Waals surface area contributed by atoms with Crippen molar-refractivity contribution < 1.29 is 5.11 Å². The van der Waals surface area contributed by atoms with Gasteiger partial charge in [0.05, 0.1) is 0 Å².